The minimum Gasteiger partial charge on any atom is -0.485 e. The van der Waals surface area contributed by atoms with Gasteiger partial charge in [0.1, 0.15) is 12.4 Å². The Kier molecular flexibility index (Phi) is 4.71. The topological polar surface area (TPSA) is 120 Å². The molecule has 3 aromatic rings. The van der Waals surface area contributed by atoms with Crippen molar-refractivity contribution in [3.05, 3.63) is 81.4 Å². The highest BCUT2D eigenvalue weighted by atomic mass is 16.6. The molecule has 0 spiro atoms. The number of hydrogen-bond acceptors (Lipinski definition) is 6. The lowest BCUT2D eigenvalue weighted by atomic mass is 10.1. The quantitative estimate of drug-likeness (QED) is 0.526. The van der Waals surface area contributed by atoms with E-state index >= 15 is 0 Å². The molecule has 1 atom stereocenters. The lowest BCUT2D eigenvalue weighted by Gasteiger charge is -2.08. The molecule has 0 saturated carbocycles. The van der Waals surface area contributed by atoms with Gasteiger partial charge >= 0.3 is 0 Å². The molecule has 1 heterocycles. The van der Waals surface area contributed by atoms with E-state index in [1.165, 1.54) is 12.1 Å². The first-order valence-electron chi connectivity index (χ1n) is 7.63. The highest BCUT2D eigenvalue weighted by molar-refractivity contribution is 5.38. The van der Waals surface area contributed by atoms with Crippen molar-refractivity contribution in [3.63, 3.8) is 0 Å². The van der Waals surface area contributed by atoms with E-state index in [9.17, 15) is 10.1 Å². The van der Waals surface area contributed by atoms with Crippen LogP contribution < -0.4 is 10.5 Å². The van der Waals surface area contributed by atoms with Crippen LogP contribution in [0.25, 0.3) is 0 Å². The molecule has 0 aliphatic rings. The van der Waals surface area contributed by atoms with Gasteiger partial charge in [-0.2, -0.15) is 5.10 Å². The minimum atomic E-state index is -0.472. The molecule has 3 N–H and O–H groups in total. The van der Waals surface area contributed by atoms with E-state index in [4.69, 9.17) is 10.5 Å². The normalized spacial score (nSPS) is 11.9. The first-order valence-corrected chi connectivity index (χ1v) is 7.63. The second-order valence-corrected chi connectivity index (χ2v) is 5.57. The van der Waals surface area contributed by atoms with Gasteiger partial charge in [0.05, 0.1) is 17.0 Å². The number of ether oxygens (including phenoxy) is 1. The zero-order valence-electron chi connectivity index (χ0n) is 13.5. The number of aryl methyl sites for hydroxylation is 1. The van der Waals surface area contributed by atoms with E-state index in [2.05, 4.69) is 15.2 Å². The summed E-state index contributed by atoms with van der Waals surface area (Å²) in [4.78, 5) is 14.6. The molecule has 8 nitrogen and oxygen atoms in total. The minimum absolute atomic E-state index is 0.0304. The fraction of sp³-hybridized carbons (Fsp3) is 0.176. The Morgan fingerprint density at radius 2 is 2.04 bits per heavy atom. The summed E-state index contributed by atoms with van der Waals surface area (Å²) in [6, 6.07) is 13.4. The average Bonchev–Trinajstić information content (AvgIpc) is 3.09. The van der Waals surface area contributed by atoms with Crippen molar-refractivity contribution in [3.8, 4) is 5.75 Å². The maximum atomic E-state index is 10.8. The number of aromatic amines is 1. The second-order valence-electron chi connectivity index (χ2n) is 5.57. The summed E-state index contributed by atoms with van der Waals surface area (Å²) in [7, 11) is 0. The highest BCUT2D eigenvalue weighted by Crippen LogP contribution is 2.20. The SMILES string of the molecule is Cc1ccc(C(N)c2n[nH]c(COc3cccc([N+](=O)[O-])c3)n2)cc1. The van der Waals surface area contributed by atoms with Gasteiger partial charge in [0.2, 0.25) is 0 Å². The molecule has 0 saturated heterocycles. The van der Waals surface area contributed by atoms with Crippen molar-refractivity contribution in [2.75, 3.05) is 0 Å². The number of rotatable bonds is 6. The van der Waals surface area contributed by atoms with Gasteiger partial charge < -0.3 is 10.5 Å². The Balaban J connectivity index is 1.66. The molecule has 1 unspecified atom stereocenters. The standard InChI is InChI=1S/C17H17N5O3/c1-11-5-7-12(8-6-11)16(18)17-19-15(20-21-17)10-25-14-4-2-3-13(9-14)22(23)24/h2-9,16H,10,18H2,1H3,(H,19,20,21). The van der Waals surface area contributed by atoms with Gasteiger partial charge in [-0.25, -0.2) is 4.98 Å². The number of nitrogens with one attached hydrogen (secondary N) is 1. The average molecular weight is 339 g/mol. The third-order valence-corrected chi connectivity index (χ3v) is 3.67. The number of nitro benzene ring substituents is 1. The third-order valence-electron chi connectivity index (χ3n) is 3.67. The summed E-state index contributed by atoms with van der Waals surface area (Å²) >= 11 is 0. The van der Waals surface area contributed by atoms with Crippen LogP contribution in [0.4, 0.5) is 5.69 Å². The summed E-state index contributed by atoms with van der Waals surface area (Å²) in [6.45, 7) is 2.11. The molecule has 0 fully saturated rings. The van der Waals surface area contributed by atoms with Crippen molar-refractivity contribution in [1.29, 1.82) is 0 Å². The van der Waals surface area contributed by atoms with Crippen LogP contribution in [0.15, 0.2) is 48.5 Å². The van der Waals surface area contributed by atoms with E-state index in [1.807, 2.05) is 31.2 Å². The maximum Gasteiger partial charge on any atom is 0.273 e. The van der Waals surface area contributed by atoms with Gasteiger partial charge in [-0.3, -0.25) is 15.2 Å². The van der Waals surface area contributed by atoms with E-state index < -0.39 is 11.0 Å². The van der Waals surface area contributed by atoms with E-state index in [0.717, 1.165) is 11.1 Å². The number of non-ortho nitro benzene ring substituents is 1. The molecule has 8 heteroatoms. The molecular formula is C17H17N5O3. The van der Waals surface area contributed by atoms with Crippen molar-refractivity contribution < 1.29 is 9.66 Å². The predicted molar refractivity (Wildman–Crippen MR) is 91.0 cm³/mol. The number of nitrogens with two attached hydrogens (primary N) is 1. The molecular weight excluding hydrogens is 322 g/mol. The lowest BCUT2D eigenvalue weighted by molar-refractivity contribution is -0.384. The van der Waals surface area contributed by atoms with Crippen LogP contribution in [0.5, 0.6) is 5.75 Å². The zero-order chi connectivity index (χ0) is 17.8. The van der Waals surface area contributed by atoms with Crippen molar-refractivity contribution >= 4 is 5.69 Å². The van der Waals surface area contributed by atoms with Crippen LogP contribution >= 0.6 is 0 Å². The Morgan fingerprint density at radius 3 is 2.76 bits per heavy atom. The van der Waals surface area contributed by atoms with Crippen LogP contribution in [-0.4, -0.2) is 20.1 Å². The monoisotopic (exact) mass is 339 g/mol. The van der Waals surface area contributed by atoms with Gasteiger partial charge in [-0.15, -0.1) is 0 Å². The summed E-state index contributed by atoms with van der Waals surface area (Å²) in [6.07, 6.45) is 0. The molecule has 0 radical (unpaired) electrons. The molecule has 128 valence electrons. The fourth-order valence-electron chi connectivity index (χ4n) is 2.28. The lowest BCUT2D eigenvalue weighted by Crippen LogP contribution is -2.13. The molecule has 25 heavy (non-hydrogen) atoms. The highest BCUT2D eigenvalue weighted by Gasteiger charge is 2.15. The molecule has 0 amide bonds. The van der Waals surface area contributed by atoms with Crippen molar-refractivity contribution in [2.45, 2.75) is 19.6 Å². The third kappa shape index (κ3) is 3.99. The maximum absolute atomic E-state index is 10.8. The molecule has 0 aliphatic heterocycles. The Hall–Kier alpha value is -3.26. The number of hydrogen-bond donors (Lipinski definition) is 2. The summed E-state index contributed by atoms with van der Waals surface area (Å²) in [5.74, 6) is 1.33. The summed E-state index contributed by atoms with van der Waals surface area (Å²) < 4.78 is 5.52. The fourth-order valence-corrected chi connectivity index (χ4v) is 2.28. The van der Waals surface area contributed by atoms with Crippen LogP contribution in [0.1, 0.15) is 28.8 Å². The number of nitro groups is 1. The van der Waals surface area contributed by atoms with Gasteiger partial charge in [0, 0.05) is 6.07 Å². The van der Waals surface area contributed by atoms with Crippen LogP contribution in [0.3, 0.4) is 0 Å². The Labute approximate surface area is 143 Å². The van der Waals surface area contributed by atoms with Crippen molar-refractivity contribution in [1.82, 2.24) is 15.2 Å². The second kappa shape index (κ2) is 7.10. The van der Waals surface area contributed by atoms with Crippen molar-refractivity contribution in [2.24, 2.45) is 5.73 Å². The Morgan fingerprint density at radius 1 is 1.28 bits per heavy atom. The predicted octanol–water partition coefficient (Wildman–Crippen LogP) is 2.65. The molecule has 0 bridgehead atoms. The summed E-state index contributed by atoms with van der Waals surface area (Å²) in [5.41, 5.74) is 8.21. The number of benzene rings is 2. The van der Waals surface area contributed by atoms with E-state index in [0.29, 0.717) is 17.4 Å². The van der Waals surface area contributed by atoms with Gasteiger partial charge in [0.25, 0.3) is 5.69 Å². The number of H-pyrrole nitrogens is 1. The largest absolute Gasteiger partial charge is 0.485 e. The van der Waals surface area contributed by atoms with E-state index in [1.54, 1.807) is 12.1 Å². The molecule has 3 rings (SSSR count). The number of nitrogens with zero attached hydrogens (tertiary/aromatic N) is 3. The smallest absolute Gasteiger partial charge is 0.273 e. The summed E-state index contributed by atoms with van der Waals surface area (Å²) in [5, 5.41) is 17.7. The van der Waals surface area contributed by atoms with Crippen LogP contribution in [-0.2, 0) is 6.61 Å². The van der Waals surface area contributed by atoms with Crippen LogP contribution in [0, 0.1) is 17.0 Å². The first-order chi connectivity index (χ1) is 12.0. The van der Waals surface area contributed by atoms with Gasteiger partial charge in [-0.05, 0) is 18.6 Å². The number of aromatic nitrogens is 3. The van der Waals surface area contributed by atoms with Crippen LogP contribution in [0.2, 0.25) is 0 Å². The first kappa shape index (κ1) is 16.6. The zero-order valence-corrected chi connectivity index (χ0v) is 13.5. The van der Waals surface area contributed by atoms with Gasteiger partial charge in [-0.1, -0.05) is 35.9 Å². The molecule has 0 aliphatic carbocycles. The van der Waals surface area contributed by atoms with Gasteiger partial charge in [0.15, 0.2) is 11.6 Å². The van der Waals surface area contributed by atoms with E-state index in [-0.39, 0.29) is 12.3 Å². The molecule has 2 aromatic carbocycles. The molecule has 1 aromatic heterocycles. The Bertz CT molecular complexity index is 876.